The monoisotopic (exact) mass is 273 g/mol. The van der Waals surface area contributed by atoms with E-state index in [-0.39, 0.29) is 17.9 Å². The minimum Gasteiger partial charge on any atom is -0.481 e. The number of amides is 1. The molecule has 0 spiro atoms. The third-order valence-corrected chi connectivity index (χ3v) is 3.77. The van der Waals surface area contributed by atoms with Gasteiger partial charge in [0.05, 0.1) is 11.5 Å². The molecular weight excluding hydrogens is 258 g/mol. The van der Waals surface area contributed by atoms with E-state index in [1.165, 1.54) is 0 Å². The van der Waals surface area contributed by atoms with Crippen LogP contribution in [0.1, 0.15) is 29.6 Å². The van der Waals surface area contributed by atoms with Crippen LogP contribution in [0.3, 0.4) is 0 Å². The maximum Gasteiger partial charge on any atom is 0.306 e. The summed E-state index contributed by atoms with van der Waals surface area (Å²) < 4.78 is 1.78. The Labute approximate surface area is 115 Å². The third kappa shape index (κ3) is 2.36. The summed E-state index contributed by atoms with van der Waals surface area (Å²) >= 11 is 0. The Hall–Kier alpha value is -2.37. The van der Waals surface area contributed by atoms with Crippen LogP contribution in [0.5, 0.6) is 0 Å². The van der Waals surface area contributed by atoms with Crippen molar-refractivity contribution in [1.82, 2.24) is 14.7 Å². The van der Waals surface area contributed by atoms with Crippen molar-refractivity contribution in [2.75, 3.05) is 0 Å². The number of carbonyl (C=O) groups excluding carboxylic acids is 1. The molecule has 0 saturated heterocycles. The van der Waals surface area contributed by atoms with Gasteiger partial charge in [-0.05, 0) is 31.4 Å². The number of carboxylic acid groups (broad SMARTS) is 1. The first-order chi connectivity index (χ1) is 9.63. The lowest BCUT2D eigenvalue weighted by Crippen LogP contribution is -2.33. The lowest BCUT2D eigenvalue weighted by Gasteiger charge is -2.12. The molecule has 1 amide bonds. The molecule has 0 radical (unpaired) electrons. The number of aromatic nitrogens is 2. The van der Waals surface area contributed by atoms with Gasteiger partial charge in [0.1, 0.15) is 5.65 Å². The molecule has 1 aliphatic carbocycles. The molecule has 6 heteroatoms. The molecule has 0 bridgehead atoms. The molecule has 6 nitrogen and oxygen atoms in total. The standard InChI is InChI=1S/C14H15N3O3/c18-13(16-11-3-1-9(7-11)14(19)20)10-2-4-12-15-5-6-17(12)8-10/h2,4-6,8-9,11H,1,3,7H2,(H,16,18)(H,19,20)/t9-,11+/m0/s1. The van der Waals surface area contributed by atoms with Crippen molar-refractivity contribution in [1.29, 1.82) is 0 Å². The molecule has 2 N–H and O–H groups in total. The number of hydrogen-bond acceptors (Lipinski definition) is 3. The van der Waals surface area contributed by atoms with Gasteiger partial charge in [-0.25, -0.2) is 4.98 Å². The highest BCUT2D eigenvalue weighted by molar-refractivity contribution is 5.94. The minimum atomic E-state index is -0.776. The van der Waals surface area contributed by atoms with E-state index in [9.17, 15) is 9.59 Å². The van der Waals surface area contributed by atoms with Crippen molar-refractivity contribution < 1.29 is 14.7 Å². The highest BCUT2D eigenvalue weighted by Crippen LogP contribution is 2.25. The molecule has 20 heavy (non-hydrogen) atoms. The number of rotatable bonds is 3. The zero-order valence-corrected chi connectivity index (χ0v) is 10.8. The van der Waals surface area contributed by atoms with Crippen molar-refractivity contribution in [3.63, 3.8) is 0 Å². The molecular formula is C14H15N3O3. The van der Waals surface area contributed by atoms with Crippen molar-refractivity contribution in [2.24, 2.45) is 5.92 Å². The van der Waals surface area contributed by atoms with Crippen LogP contribution >= 0.6 is 0 Å². The molecule has 3 rings (SSSR count). The van der Waals surface area contributed by atoms with Gasteiger partial charge >= 0.3 is 5.97 Å². The lowest BCUT2D eigenvalue weighted by molar-refractivity contribution is -0.141. The van der Waals surface area contributed by atoms with Crippen LogP contribution in [0.2, 0.25) is 0 Å². The fraction of sp³-hybridized carbons (Fsp3) is 0.357. The van der Waals surface area contributed by atoms with Crippen LogP contribution in [-0.4, -0.2) is 32.4 Å². The van der Waals surface area contributed by atoms with Crippen LogP contribution in [0.4, 0.5) is 0 Å². The van der Waals surface area contributed by atoms with Gasteiger partial charge in [-0.2, -0.15) is 0 Å². The summed E-state index contributed by atoms with van der Waals surface area (Å²) in [5.41, 5.74) is 1.34. The maximum atomic E-state index is 12.2. The predicted octanol–water partition coefficient (Wildman–Crippen LogP) is 1.32. The van der Waals surface area contributed by atoms with Gasteiger partial charge in [0.25, 0.3) is 5.91 Å². The number of imidazole rings is 1. The van der Waals surface area contributed by atoms with Crippen LogP contribution in [0, 0.1) is 5.92 Å². The Balaban J connectivity index is 1.68. The molecule has 0 aromatic carbocycles. The molecule has 1 saturated carbocycles. The molecule has 0 unspecified atom stereocenters. The summed E-state index contributed by atoms with van der Waals surface area (Å²) in [6, 6.07) is 3.45. The van der Waals surface area contributed by atoms with Gasteiger partial charge in [-0.1, -0.05) is 0 Å². The number of nitrogens with zero attached hydrogens (tertiary/aromatic N) is 2. The summed E-state index contributed by atoms with van der Waals surface area (Å²) in [5, 5.41) is 11.9. The van der Waals surface area contributed by atoms with Crippen molar-refractivity contribution in [3.05, 3.63) is 36.3 Å². The smallest absolute Gasteiger partial charge is 0.306 e. The van der Waals surface area contributed by atoms with E-state index in [2.05, 4.69) is 10.3 Å². The predicted molar refractivity (Wildman–Crippen MR) is 71.4 cm³/mol. The molecule has 2 heterocycles. The molecule has 104 valence electrons. The Morgan fingerprint density at radius 2 is 2.20 bits per heavy atom. The van der Waals surface area contributed by atoms with Crippen molar-refractivity contribution >= 4 is 17.5 Å². The normalized spacial score (nSPS) is 22.0. The molecule has 0 aliphatic heterocycles. The highest BCUT2D eigenvalue weighted by Gasteiger charge is 2.30. The minimum absolute atomic E-state index is 0.0536. The summed E-state index contributed by atoms with van der Waals surface area (Å²) in [6.07, 6.45) is 7.03. The quantitative estimate of drug-likeness (QED) is 0.883. The topological polar surface area (TPSA) is 83.7 Å². The van der Waals surface area contributed by atoms with Gasteiger partial charge in [0, 0.05) is 24.6 Å². The summed E-state index contributed by atoms with van der Waals surface area (Å²) in [7, 11) is 0. The van der Waals surface area contributed by atoms with E-state index in [1.807, 2.05) is 0 Å². The lowest BCUT2D eigenvalue weighted by atomic mass is 10.1. The largest absolute Gasteiger partial charge is 0.481 e. The van der Waals surface area contributed by atoms with Crippen LogP contribution < -0.4 is 5.32 Å². The van der Waals surface area contributed by atoms with Gasteiger partial charge < -0.3 is 14.8 Å². The first-order valence-corrected chi connectivity index (χ1v) is 6.60. The Bertz CT molecular complexity index is 664. The molecule has 2 atom stereocenters. The number of aliphatic carboxylic acids is 1. The highest BCUT2D eigenvalue weighted by atomic mass is 16.4. The zero-order chi connectivity index (χ0) is 14.1. The fourth-order valence-corrected chi connectivity index (χ4v) is 2.66. The first kappa shape index (κ1) is 12.7. The Kier molecular flexibility index (Phi) is 3.14. The van der Waals surface area contributed by atoms with E-state index in [4.69, 9.17) is 5.11 Å². The summed E-state index contributed by atoms with van der Waals surface area (Å²) in [6.45, 7) is 0. The summed E-state index contributed by atoms with van der Waals surface area (Å²) in [5.74, 6) is -1.28. The number of carbonyl (C=O) groups is 2. The van der Waals surface area contributed by atoms with Gasteiger partial charge in [-0.15, -0.1) is 0 Å². The second-order valence-corrected chi connectivity index (χ2v) is 5.13. The van der Waals surface area contributed by atoms with Crippen LogP contribution in [-0.2, 0) is 4.79 Å². The van der Waals surface area contributed by atoms with Crippen molar-refractivity contribution in [2.45, 2.75) is 25.3 Å². The van der Waals surface area contributed by atoms with E-state index in [1.54, 1.807) is 35.1 Å². The van der Waals surface area contributed by atoms with Crippen molar-refractivity contribution in [3.8, 4) is 0 Å². The third-order valence-electron chi connectivity index (χ3n) is 3.77. The number of fused-ring (bicyclic) bond motifs is 1. The number of carboxylic acids is 1. The van der Waals surface area contributed by atoms with Gasteiger partial charge in [0.2, 0.25) is 0 Å². The average Bonchev–Trinajstić information content (AvgIpc) is 3.05. The zero-order valence-electron chi connectivity index (χ0n) is 10.8. The van der Waals surface area contributed by atoms with Gasteiger partial charge in [0.15, 0.2) is 0 Å². The second-order valence-electron chi connectivity index (χ2n) is 5.13. The second kappa shape index (κ2) is 4.96. The number of hydrogen-bond donors (Lipinski definition) is 2. The Morgan fingerprint density at radius 1 is 1.35 bits per heavy atom. The van der Waals surface area contributed by atoms with E-state index >= 15 is 0 Å². The first-order valence-electron chi connectivity index (χ1n) is 6.60. The fourth-order valence-electron chi connectivity index (χ4n) is 2.66. The van der Waals surface area contributed by atoms with E-state index < -0.39 is 5.97 Å². The van der Waals surface area contributed by atoms with Crippen LogP contribution in [0.15, 0.2) is 30.7 Å². The number of nitrogens with one attached hydrogen (secondary N) is 1. The molecule has 1 aliphatic rings. The molecule has 1 fully saturated rings. The van der Waals surface area contributed by atoms with Crippen LogP contribution in [0.25, 0.3) is 5.65 Å². The SMILES string of the molecule is O=C(N[C@@H]1CC[C@H](C(=O)O)C1)c1ccc2nccn2c1. The molecule has 2 aromatic rings. The Morgan fingerprint density at radius 3 is 2.95 bits per heavy atom. The van der Waals surface area contributed by atoms with E-state index in [0.29, 0.717) is 18.4 Å². The molecule has 2 aromatic heterocycles. The van der Waals surface area contributed by atoms with E-state index in [0.717, 1.165) is 12.1 Å². The van der Waals surface area contributed by atoms with Gasteiger partial charge in [-0.3, -0.25) is 9.59 Å². The average molecular weight is 273 g/mol. The summed E-state index contributed by atoms with van der Waals surface area (Å²) in [4.78, 5) is 27.2. The number of pyridine rings is 1. The maximum absolute atomic E-state index is 12.2.